The van der Waals surface area contributed by atoms with Crippen molar-refractivity contribution in [3.63, 3.8) is 0 Å². The van der Waals surface area contributed by atoms with Gasteiger partial charge in [0.2, 0.25) is 10.0 Å². The molecule has 0 aliphatic carbocycles. The number of piperazine rings is 1. The molecule has 2 aliphatic rings. The molecule has 0 saturated carbocycles. The fourth-order valence-corrected chi connectivity index (χ4v) is 5.79. The third kappa shape index (κ3) is 5.50. The van der Waals surface area contributed by atoms with E-state index in [0.717, 1.165) is 5.56 Å². The van der Waals surface area contributed by atoms with Crippen molar-refractivity contribution in [1.82, 2.24) is 9.21 Å². The number of hydrogen-bond acceptors (Lipinski definition) is 6. The van der Waals surface area contributed by atoms with E-state index in [2.05, 4.69) is 25.7 Å². The lowest BCUT2D eigenvalue weighted by Gasteiger charge is -2.34. The van der Waals surface area contributed by atoms with Gasteiger partial charge < -0.3 is 10.5 Å². The van der Waals surface area contributed by atoms with E-state index in [0.29, 0.717) is 55.4 Å². The fraction of sp³-hybridized carbons (Fsp3) is 0.440. The molecule has 2 aliphatic heterocycles. The number of nitrogen functional groups attached to an aromatic ring is 1. The molecule has 0 aromatic heterocycles. The molecule has 9 nitrogen and oxygen atoms in total. The first kappa shape index (κ1) is 25.2. The molecule has 188 valence electrons. The van der Waals surface area contributed by atoms with Gasteiger partial charge in [-0.1, -0.05) is 32.9 Å². The van der Waals surface area contributed by atoms with Crippen LogP contribution in [0.15, 0.2) is 53.4 Å². The lowest BCUT2D eigenvalue weighted by molar-refractivity contribution is 0.0937. The van der Waals surface area contributed by atoms with Gasteiger partial charge in [0.05, 0.1) is 11.4 Å². The summed E-state index contributed by atoms with van der Waals surface area (Å²) in [6.45, 7) is 9.17. The van der Waals surface area contributed by atoms with Crippen LogP contribution in [0.4, 0.5) is 10.5 Å². The number of hydrogen-bond donors (Lipinski definition) is 2. The zero-order valence-corrected chi connectivity index (χ0v) is 21.2. The van der Waals surface area contributed by atoms with E-state index < -0.39 is 16.1 Å². The van der Waals surface area contributed by atoms with Crippen LogP contribution in [0.25, 0.3) is 0 Å². The van der Waals surface area contributed by atoms with Crippen LogP contribution in [0.5, 0.6) is 0 Å². The number of amides is 1. The Balaban J connectivity index is 1.32. The minimum atomic E-state index is -3.55. The SMILES string of the molecule is CC(C)(C)c1ccc(S(=O)(=O)N2CCN(CC3CN(c4ccc(C(=N)N)cc4)C(=O)O3)CC2)cc1. The molecule has 0 spiro atoms. The summed E-state index contributed by atoms with van der Waals surface area (Å²) < 4.78 is 33.3. The van der Waals surface area contributed by atoms with Crippen molar-refractivity contribution in [2.45, 2.75) is 37.2 Å². The second-order valence-corrected chi connectivity index (χ2v) is 12.0. The van der Waals surface area contributed by atoms with E-state index in [-0.39, 0.29) is 17.4 Å². The van der Waals surface area contributed by atoms with Gasteiger partial charge in [-0.25, -0.2) is 13.2 Å². The Morgan fingerprint density at radius 1 is 1.03 bits per heavy atom. The number of amidine groups is 1. The van der Waals surface area contributed by atoms with Gasteiger partial charge in [-0.2, -0.15) is 4.31 Å². The van der Waals surface area contributed by atoms with Gasteiger partial charge >= 0.3 is 6.09 Å². The van der Waals surface area contributed by atoms with Crippen molar-refractivity contribution in [3.05, 3.63) is 59.7 Å². The van der Waals surface area contributed by atoms with Crippen molar-refractivity contribution in [2.75, 3.05) is 44.2 Å². The molecular formula is C25H33N5O4S. The molecule has 2 aromatic carbocycles. The highest BCUT2D eigenvalue weighted by molar-refractivity contribution is 7.89. The first-order valence-corrected chi connectivity index (χ1v) is 13.1. The summed E-state index contributed by atoms with van der Waals surface area (Å²) in [5, 5.41) is 7.49. The van der Waals surface area contributed by atoms with Gasteiger partial charge in [0.15, 0.2) is 0 Å². The first-order valence-electron chi connectivity index (χ1n) is 11.7. The highest BCUT2D eigenvalue weighted by atomic mass is 32.2. The number of nitrogens with two attached hydrogens (primary N) is 1. The standard InChI is InChI=1S/C25H33N5O4S/c1-25(2,3)19-6-10-22(11-7-19)35(32,33)29-14-12-28(13-15-29)16-21-17-30(24(31)34-21)20-8-4-18(5-9-20)23(26)27/h4-11,21H,12-17H2,1-3H3,(H3,26,27). The quantitative estimate of drug-likeness (QED) is 0.466. The van der Waals surface area contributed by atoms with Crippen molar-refractivity contribution in [3.8, 4) is 0 Å². The molecule has 2 fully saturated rings. The van der Waals surface area contributed by atoms with Gasteiger partial charge in [0, 0.05) is 44.0 Å². The zero-order valence-electron chi connectivity index (χ0n) is 20.4. The minimum Gasteiger partial charge on any atom is -0.443 e. The lowest BCUT2D eigenvalue weighted by Crippen LogP contribution is -2.50. The summed E-state index contributed by atoms with van der Waals surface area (Å²) in [5.74, 6) is -0.0264. The molecule has 2 saturated heterocycles. The molecule has 0 bridgehead atoms. The molecule has 2 heterocycles. The third-order valence-corrected chi connectivity index (χ3v) is 8.43. The van der Waals surface area contributed by atoms with Gasteiger partial charge in [-0.05, 0) is 47.4 Å². The van der Waals surface area contributed by atoms with E-state index >= 15 is 0 Å². The molecule has 0 radical (unpaired) electrons. The number of nitrogens with zero attached hydrogens (tertiary/aromatic N) is 3. The number of benzene rings is 2. The Bertz CT molecular complexity index is 1180. The molecule has 10 heteroatoms. The van der Waals surface area contributed by atoms with Crippen LogP contribution >= 0.6 is 0 Å². The molecule has 2 aromatic rings. The number of nitrogens with one attached hydrogen (secondary N) is 1. The smallest absolute Gasteiger partial charge is 0.414 e. The monoisotopic (exact) mass is 499 g/mol. The highest BCUT2D eigenvalue weighted by Gasteiger charge is 2.35. The van der Waals surface area contributed by atoms with Crippen molar-refractivity contribution >= 4 is 27.6 Å². The van der Waals surface area contributed by atoms with E-state index in [1.165, 1.54) is 4.31 Å². The maximum Gasteiger partial charge on any atom is 0.414 e. The van der Waals surface area contributed by atoms with Crippen LogP contribution in [0.2, 0.25) is 0 Å². The normalized spacial score (nSPS) is 20.1. The van der Waals surface area contributed by atoms with Crippen LogP contribution in [-0.4, -0.2) is 74.9 Å². The van der Waals surface area contributed by atoms with Crippen LogP contribution < -0.4 is 10.6 Å². The second-order valence-electron chi connectivity index (χ2n) is 10.1. The summed E-state index contributed by atoms with van der Waals surface area (Å²) in [4.78, 5) is 16.4. The van der Waals surface area contributed by atoms with Gasteiger partial charge in [0.1, 0.15) is 11.9 Å². The number of sulfonamides is 1. The van der Waals surface area contributed by atoms with Gasteiger partial charge in [-0.15, -0.1) is 0 Å². The van der Waals surface area contributed by atoms with Gasteiger partial charge in [-0.3, -0.25) is 15.2 Å². The maximum absolute atomic E-state index is 13.1. The van der Waals surface area contributed by atoms with Crippen LogP contribution in [-0.2, 0) is 20.2 Å². The zero-order chi connectivity index (χ0) is 25.4. The van der Waals surface area contributed by atoms with Crippen molar-refractivity contribution in [2.24, 2.45) is 5.73 Å². The number of rotatable bonds is 6. The van der Waals surface area contributed by atoms with E-state index in [9.17, 15) is 13.2 Å². The minimum absolute atomic E-state index is 0.0264. The van der Waals surface area contributed by atoms with Crippen LogP contribution in [0.1, 0.15) is 31.9 Å². The summed E-state index contributed by atoms with van der Waals surface area (Å²) in [6.07, 6.45) is -0.714. The third-order valence-electron chi connectivity index (χ3n) is 6.52. The largest absolute Gasteiger partial charge is 0.443 e. The molecule has 1 atom stereocenters. The summed E-state index contributed by atoms with van der Waals surface area (Å²) >= 11 is 0. The molecule has 4 rings (SSSR count). The number of carbonyl (C=O) groups is 1. The Kier molecular flexibility index (Phi) is 6.90. The predicted octanol–water partition coefficient (Wildman–Crippen LogP) is 2.60. The first-order chi connectivity index (χ1) is 16.4. The van der Waals surface area contributed by atoms with Gasteiger partial charge in [0.25, 0.3) is 0 Å². The fourth-order valence-electron chi connectivity index (χ4n) is 4.36. The predicted molar refractivity (Wildman–Crippen MR) is 135 cm³/mol. The number of cyclic esters (lactones) is 1. The highest BCUT2D eigenvalue weighted by Crippen LogP contribution is 2.26. The molecule has 1 unspecified atom stereocenters. The number of ether oxygens (including phenoxy) is 1. The lowest BCUT2D eigenvalue weighted by atomic mass is 9.87. The van der Waals surface area contributed by atoms with E-state index in [1.807, 2.05) is 12.1 Å². The van der Waals surface area contributed by atoms with Crippen LogP contribution in [0, 0.1) is 5.41 Å². The number of anilines is 1. The average Bonchev–Trinajstić information content (AvgIpc) is 3.18. The maximum atomic E-state index is 13.1. The van der Waals surface area contributed by atoms with Crippen molar-refractivity contribution in [1.29, 1.82) is 5.41 Å². The summed E-state index contributed by atoms with van der Waals surface area (Å²) in [5.41, 5.74) is 7.83. The summed E-state index contributed by atoms with van der Waals surface area (Å²) in [7, 11) is -3.55. The molecular weight excluding hydrogens is 466 g/mol. The number of carbonyl (C=O) groups excluding carboxylic acids is 1. The van der Waals surface area contributed by atoms with Crippen molar-refractivity contribution < 1.29 is 17.9 Å². The second kappa shape index (κ2) is 9.60. The van der Waals surface area contributed by atoms with E-state index in [4.69, 9.17) is 15.9 Å². The molecule has 35 heavy (non-hydrogen) atoms. The van der Waals surface area contributed by atoms with E-state index in [1.54, 1.807) is 41.3 Å². The Morgan fingerprint density at radius 3 is 2.17 bits per heavy atom. The molecule has 3 N–H and O–H groups in total. The molecule has 1 amide bonds. The Hall–Kier alpha value is -2.95. The topological polar surface area (TPSA) is 120 Å². The Morgan fingerprint density at radius 2 is 1.63 bits per heavy atom. The summed E-state index contributed by atoms with van der Waals surface area (Å²) in [6, 6.07) is 14.1. The average molecular weight is 500 g/mol. The van der Waals surface area contributed by atoms with Crippen LogP contribution in [0.3, 0.4) is 0 Å². The Labute approximate surface area is 207 Å².